The number of nitrogens with zero attached hydrogens (tertiary/aromatic N) is 5. The van der Waals surface area contributed by atoms with Crippen LogP contribution in [0.4, 0.5) is 0 Å². The summed E-state index contributed by atoms with van der Waals surface area (Å²) in [5.74, 6) is 0.741. The van der Waals surface area contributed by atoms with E-state index in [1.807, 2.05) is 12.3 Å². The first-order valence-electron chi connectivity index (χ1n) is 8.46. The number of piperidine rings is 1. The van der Waals surface area contributed by atoms with Crippen LogP contribution in [0.3, 0.4) is 0 Å². The Morgan fingerprint density at radius 2 is 1.71 bits per heavy atom. The van der Waals surface area contributed by atoms with Crippen molar-refractivity contribution in [3.63, 3.8) is 0 Å². The largest absolute Gasteiger partial charge is 0.299 e. The number of likely N-dealkylation sites (tertiary alicyclic amines) is 1. The molecule has 0 bridgehead atoms. The predicted octanol–water partition coefficient (Wildman–Crippen LogP) is 3.18. The molecule has 24 heavy (non-hydrogen) atoms. The van der Waals surface area contributed by atoms with Crippen molar-refractivity contribution < 1.29 is 0 Å². The Hall–Kier alpha value is -2.53. The van der Waals surface area contributed by atoms with E-state index in [1.54, 1.807) is 12.4 Å². The molecule has 1 saturated heterocycles. The van der Waals surface area contributed by atoms with E-state index in [9.17, 15) is 0 Å². The van der Waals surface area contributed by atoms with Gasteiger partial charge < -0.3 is 0 Å². The van der Waals surface area contributed by atoms with Gasteiger partial charge in [0, 0.05) is 38.2 Å². The highest BCUT2D eigenvalue weighted by Crippen LogP contribution is 2.24. The van der Waals surface area contributed by atoms with Gasteiger partial charge in [0.25, 0.3) is 0 Å². The molecule has 0 unspecified atom stereocenters. The summed E-state index contributed by atoms with van der Waals surface area (Å²) in [5, 5.41) is 4.54. The Labute approximate surface area is 142 Å². The molecule has 0 atom stereocenters. The molecule has 122 valence electrons. The third-order valence-electron chi connectivity index (χ3n) is 4.61. The summed E-state index contributed by atoms with van der Waals surface area (Å²) < 4.78 is 2.09. The van der Waals surface area contributed by atoms with Gasteiger partial charge in [0.1, 0.15) is 0 Å². The van der Waals surface area contributed by atoms with E-state index >= 15 is 0 Å². The highest BCUT2D eigenvalue weighted by atomic mass is 15.3. The van der Waals surface area contributed by atoms with E-state index in [4.69, 9.17) is 0 Å². The van der Waals surface area contributed by atoms with Gasteiger partial charge in [-0.05, 0) is 24.5 Å². The molecule has 3 aromatic rings. The molecule has 0 radical (unpaired) electrons. The number of aromatic nitrogens is 4. The zero-order valence-corrected chi connectivity index (χ0v) is 13.6. The Morgan fingerprint density at radius 3 is 2.46 bits per heavy atom. The fraction of sp³-hybridized carbons (Fsp3) is 0.316. The monoisotopic (exact) mass is 319 g/mol. The Morgan fingerprint density at radius 1 is 0.958 bits per heavy atom. The molecule has 3 heterocycles. The van der Waals surface area contributed by atoms with Crippen molar-refractivity contribution in [3.8, 4) is 11.4 Å². The lowest BCUT2D eigenvalue weighted by Gasteiger charge is -2.32. The van der Waals surface area contributed by atoms with Crippen molar-refractivity contribution in [2.24, 2.45) is 0 Å². The Kier molecular flexibility index (Phi) is 4.34. The topological polar surface area (TPSA) is 46.8 Å². The fourth-order valence-corrected chi connectivity index (χ4v) is 3.28. The van der Waals surface area contributed by atoms with Gasteiger partial charge in [0.05, 0.1) is 17.8 Å². The van der Waals surface area contributed by atoms with Crippen LogP contribution in [0, 0.1) is 0 Å². The summed E-state index contributed by atoms with van der Waals surface area (Å²) in [6.07, 6.45) is 9.73. The predicted molar refractivity (Wildman–Crippen MR) is 93.2 cm³/mol. The van der Waals surface area contributed by atoms with Crippen molar-refractivity contribution in [2.45, 2.75) is 25.4 Å². The summed E-state index contributed by atoms with van der Waals surface area (Å²) in [5.41, 5.74) is 2.38. The van der Waals surface area contributed by atoms with Gasteiger partial charge in [-0.1, -0.05) is 30.3 Å². The normalized spacial score (nSPS) is 16.3. The molecule has 0 N–H and O–H groups in total. The number of benzene rings is 1. The first kappa shape index (κ1) is 15.0. The van der Waals surface area contributed by atoms with Crippen LogP contribution in [0.15, 0.2) is 61.2 Å². The molecule has 4 rings (SSSR count). The van der Waals surface area contributed by atoms with Gasteiger partial charge >= 0.3 is 0 Å². The third-order valence-corrected chi connectivity index (χ3v) is 4.61. The van der Waals surface area contributed by atoms with Crippen molar-refractivity contribution in [2.75, 3.05) is 13.1 Å². The van der Waals surface area contributed by atoms with Crippen LogP contribution < -0.4 is 0 Å². The minimum absolute atomic E-state index is 0.467. The first-order valence-corrected chi connectivity index (χ1v) is 8.46. The lowest BCUT2D eigenvalue weighted by Crippen LogP contribution is -2.34. The minimum Gasteiger partial charge on any atom is -0.299 e. The average molecular weight is 319 g/mol. The standard InChI is InChI=1S/C19H21N5/c1-2-5-16(6-3-1)14-23-11-7-18(8-12-23)24-15-17(13-22-24)19-20-9-4-10-21-19/h1-6,9-10,13,15,18H,7-8,11-12,14H2. The maximum Gasteiger partial charge on any atom is 0.162 e. The number of hydrogen-bond acceptors (Lipinski definition) is 4. The summed E-state index contributed by atoms with van der Waals surface area (Å²) in [6, 6.07) is 13.0. The molecule has 0 aliphatic carbocycles. The van der Waals surface area contributed by atoms with Gasteiger partial charge in [-0.2, -0.15) is 5.10 Å². The highest BCUT2D eigenvalue weighted by Gasteiger charge is 2.21. The van der Waals surface area contributed by atoms with E-state index in [-0.39, 0.29) is 0 Å². The molecule has 0 saturated carbocycles. The van der Waals surface area contributed by atoms with Crippen LogP contribution in [-0.4, -0.2) is 37.7 Å². The van der Waals surface area contributed by atoms with E-state index in [1.165, 1.54) is 5.56 Å². The van der Waals surface area contributed by atoms with Crippen molar-refractivity contribution in [3.05, 3.63) is 66.7 Å². The molecule has 2 aromatic heterocycles. The lowest BCUT2D eigenvalue weighted by atomic mass is 10.0. The van der Waals surface area contributed by atoms with Crippen LogP contribution in [0.5, 0.6) is 0 Å². The quantitative estimate of drug-likeness (QED) is 0.741. The molecular weight excluding hydrogens is 298 g/mol. The van der Waals surface area contributed by atoms with E-state index < -0.39 is 0 Å². The van der Waals surface area contributed by atoms with E-state index in [0.717, 1.165) is 43.9 Å². The van der Waals surface area contributed by atoms with Crippen LogP contribution in [0.2, 0.25) is 0 Å². The molecule has 5 nitrogen and oxygen atoms in total. The summed E-state index contributed by atoms with van der Waals surface area (Å²) in [7, 11) is 0. The highest BCUT2D eigenvalue weighted by molar-refractivity contribution is 5.51. The van der Waals surface area contributed by atoms with Crippen LogP contribution >= 0.6 is 0 Å². The summed E-state index contributed by atoms with van der Waals surface area (Å²) in [6.45, 7) is 3.25. The summed E-state index contributed by atoms with van der Waals surface area (Å²) >= 11 is 0. The minimum atomic E-state index is 0.467. The zero-order chi connectivity index (χ0) is 16.2. The molecule has 0 amide bonds. The van der Waals surface area contributed by atoms with Crippen LogP contribution in [0.1, 0.15) is 24.4 Å². The second kappa shape index (κ2) is 6.93. The molecule has 1 aliphatic heterocycles. The van der Waals surface area contributed by atoms with Gasteiger partial charge in [-0.3, -0.25) is 9.58 Å². The number of hydrogen-bond donors (Lipinski definition) is 0. The fourth-order valence-electron chi connectivity index (χ4n) is 3.28. The molecule has 5 heteroatoms. The second-order valence-electron chi connectivity index (χ2n) is 6.27. The van der Waals surface area contributed by atoms with Crippen LogP contribution in [-0.2, 0) is 6.54 Å². The average Bonchev–Trinajstić information content (AvgIpc) is 3.14. The Bertz CT molecular complexity index is 761. The van der Waals surface area contributed by atoms with Gasteiger partial charge in [0.15, 0.2) is 5.82 Å². The van der Waals surface area contributed by atoms with Gasteiger partial charge in [-0.25, -0.2) is 9.97 Å². The van der Waals surface area contributed by atoms with Crippen LogP contribution in [0.25, 0.3) is 11.4 Å². The maximum atomic E-state index is 4.54. The number of rotatable bonds is 4. The van der Waals surface area contributed by atoms with Gasteiger partial charge in [-0.15, -0.1) is 0 Å². The molecule has 1 fully saturated rings. The lowest BCUT2D eigenvalue weighted by molar-refractivity contribution is 0.173. The maximum absolute atomic E-state index is 4.54. The van der Waals surface area contributed by atoms with Gasteiger partial charge in [0.2, 0.25) is 0 Å². The molecule has 1 aliphatic rings. The zero-order valence-electron chi connectivity index (χ0n) is 13.6. The first-order chi connectivity index (χ1) is 11.9. The molecular formula is C19H21N5. The second-order valence-corrected chi connectivity index (χ2v) is 6.27. The van der Waals surface area contributed by atoms with Crippen molar-refractivity contribution >= 4 is 0 Å². The smallest absolute Gasteiger partial charge is 0.162 e. The molecule has 1 aromatic carbocycles. The Balaban J connectivity index is 1.37. The van der Waals surface area contributed by atoms with E-state index in [0.29, 0.717) is 6.04 Å². The van der Waals surface area contributed by atoms with Crippen molar-refractivity contribution in [1.82, 2.24) is 24.6 Å². The van der Waals surface area contributed by atoms with Crippen molar-refractivity contribution in [1.29, 1.82) is 0 Å². The third kappa shape index (κ3) is 3.36. The molecule has 0 spiro atoms. The summed E-state index contributed by atoms with van der Waals surface area (Å²) in [4.78, 5) is 11.1. The van der Waals surface area contributed by atoms with E-state index in [2.05, 4.69) is 61.2 Å². The SMILES string of the molecule is c1ccc(CN2CCC(n3cc(-c4ncccn4)cn3)CC2)cc1.